The summed E-state index contributed by atoms with van der Waals surface area (Å²) in [6.07, 6.45) is -3.22. The number of anilines is 1. The summed E-state index contributed by atoms with van der Waals surface area (Å²) in [7, 11) is 1.51. The number of hydrogen-bond acceptors (Lipinski definition) is 2. The van der Waals surface area contributed by atoms with Crippen LogP contribution in [0.15, 0.2) is 55.1 Å². The number of methoxy groups -OCH3 is 1. The molecule has 0 aliphatic carbocycles. The number of alkyl halides is 3. The van der Waals surface area contributed by atoms with Crippen molar-refractivity contribution in [1.82, 2.24) is 0 Å². The average molecular weight is 347 g/mol. The van der Waals surface area contributed by atoms with Gasteiger partial charge in [-0.2, -0.15) is 13.2 Å². The van der Waals surface area contributed by atoms with E-state index in [0.717, 1.165) is 17.7 Å². The summed E-state index contributed by atoms with van der Waals surface area (Å²) in [6.45, 7) is 3.75. The molecular weight excluding hydrogens is 331 g/mol. The van der Waals surface area contributed by atoms with Crippen LogP contribution in [-0.2, 0) is 11.0 Å². The van der Waals surface area contributed by atoms with Crippen LogP contribution >= 0.6 is 0 Å². The highest BCUT2D eigenvalue weighted by molar-refractivity contribution is 6.03. The lowest BCUT2D eigenvalue weighted by atomic mass is 9.92. The van der Waals surface area contributed by atoms with Crippen LogP contribution in [0.2, 0.25) is 0 Å². The molecule has 0 saturated heterocycles. The number of carbonyl (C=O) groups excluding carboxylic acids is 1. The number of carbonyl (C=O) groups is 1. The Morgan fingerprint density at radius 2 is 2.04 bits per heavy atom. The van der Waals surface area contributed by atoms with Crippen LogP contribution < -0.4 is 9.64 Å². The van der Waals surface area contributed by atoms with E-state index in [1.165, 1.54) is 24.2 Å². The number of benzene rings is 2. The van der Waals surface area contributed by atoms with E-state index in [9.17, 15) is 18.0 Å². The maximum Gasteiger partial charge on any atom is 0.416 e. The van der Waals surface area contributed by atoms with Crippen LogP contribution in [0.5, 0.6) is 5.75 Å². The molecule has 2 aromatic carbocycles. The minimum atomic E-state index is -4.41. The molecule has 3 nitrogen and oxygen atoms in total. The van der Waals surface area contributed by atoms with Gasteiger partial charge in [-0.3, -0.25) is 4.79 Å². The lowest BCUT2D eigenvalue weighted by molar-refractivity contribution is -0.137. The lowest BCUT2D eigenvalue weighted by Crippen LogP contribution is -2.28. The summed E-state index contributed by atoms with van der Waals surface area (Å²) in [5, 5.41) is 0. The van der Waals surface area contributed by atoms with Gasteiger partial charge in [0.15, 0.2) is 0 Å². The van der Waals surface area contributed by atoms with Crippen molar-refractivity contribution in [2.24, 2.45) is 0 Å². The van der Waals surface area contributed by atoms with Gasteiger partial charge in [-0.25, -0.2) is 0 Å². The molecule has 0 saturated carbocycles. The van der Waals surface area contributed by atoms with E-state index >= 15 is 0 Å². The topological polar surface area (TPSA) is 29.5 Å². The number of ether oxygens (including phenoxy) is 1. The predicted molar refractivity (Wildman–Crippen MR) is 88.8 cm³/mol. The Morgan fingerprint density at radius 1 is 1.28 bits per heavy atom. The van der Waals surface area contributed by atoms with Crippen LogP contribution in [-0.4, -0.2) is 19.6 Å². The fraction of sp³-hybridized carbons (Fsp3) is 0.211. The highest BCUT2D eigenvalue weighted by Gasteiger charge is 2.35. The van der Waals surface area contributed by atoms with Gasteiger partial charge in [0.1, 0.15) is 5.75 Å². The first-order valence-corrected chi connectivity index (χ1v) is 7.64. The van der Waals surface area contributed by atoms with Gasteiger partial charge >= 0.3 is 6.18 Å². The summed E-state index contributed by atoms with van der Waals surface area (Å²) in [6, 6.07) is 10.5. The zero-order valence-corrected chi connectivity index (χ0v) is 13.5. The first-order chi connectivity index (χ1) is 11.8. The smallest absolute Gasteiger partial charge is 0.416 e. The Morgan fingerprint density at radius 3 is 2.68 bits per heavy atom. The van der Waals surface area contributed by atoms with Gasteiger partial charge in [-0.15, -0.1) is 0 Å². The molecule has 1 unspecified atom stereocenters. The number of nitrogens with zero attached hydrogens (tertiary/aromatic N) is 1. The van der Waals surface area contributed by atoms with Gasteiger partial charge < -0.3 is 9.64 Å². The van der Waals surface area contributed by atoms with E-state index in [-0.39, 0.29) is 18.4 Å². The van der Waals surface area contributed by atoms with E-state index < -0.39 is 11.7 Å². The third kappa shape index (κ3) is 3.12. The van der Waals surface area contributed by atoms with Gasteiger partial charge in [0, 0.05) is 18.5 Å². The zero-order valence-electron chi connectivity index (χ0n) is 13.5. The fourth-order valence-electron chi connectivity index (χ4n) is 3.09. The van der Waals surface area contributed by atoms with E-state index in [2.05, 4.69) is 6.58 Å². The number of amides is 1. The molecule has 0 aromatic heterocycles. The third-order valence-electron chi connectivity index (χ3n) is 4.33. The van der Waals surface area contributed by atoms with Gasteiger partial charge in [0.05, 0.1) is 18.4 Å². The SMILES string of the molecule is C=CC(=O)N1CC(c2cccc(C(F)(F)F)c2)c2ccc(OC)cc21. The highest BCUT2D eigenvalue weighted by Crippen LogP contribution is 2.43. The summed E-state index contributed by atoms with van der Waals surface area (Å²) in [4.78, 5) is 13.7. The maximum atomic E-state index is 13.0. The van der Waals surface area contributed by atoms with E-state index in [1.807, 2.05) is 0 Å². The molecule has 0 N–H and O–H groups in total. The Balaban J connectivity index is 2.08. The number of hydrogen-bond donors (Lipinski definition) is 0. The molecule has 6 heteroatoms. The summed E-state index contributed by atoms with van der Waals surface area (Å²) in [5.41, 5.74) is 1.23. The van der Waals surface area contributed by atoms with Gasteiger partial charge in [0.2, 0.25) is 5.91 Å². The predicted octanol–water partition coefficient (Wildman–Crippen LogP) is 4.38. The molecule has 0 spiro atoms. The van der Waals surface area contributed by atoms with Crippen LogP contribution in [0.1, 0.15) is 22.6 Å². The molecule has 0 fully saturated rings. The molecule has 1 atom stereocenters. The fourth-order valence-corrected chi connectivity index (χ4v) is 3.09. The standard InChI is InChI=1S/C19H16F3NO2/c1-3-18(24)23-11-16(15-8-7-14(25-2)10-17(15)23)12-5-4-6-13(9-12)19(20,21)22/h3-10,16H,1,11H2,2H3. The molecular formula is C19H16F3NO2. The highest BCUT2D eigenvalue weighted by atomic mass is 19.4. The van der Waals surface area contributed by atoms with E-state index in [0.29, 0.717) is 17.0 Å². The molecule has 1 heterocycles. The molecule has 2 aromatic rings. The summed E-state index contributed by atoms with van der Waals surface area (Å²) in [5.74, 6) is -0.0682. The van der Waals surface area contributed by atoms with Gasteiger partial charge in [-0.1, -0.05) is 30.8 Å². The Bertz CT molecular complexity index is 830. The second-order valence-corrected chi connectivity index (χ2v) is 5.75. The molecule has 1 aliphatic heterocycles. The molecule has 130 valence electrons. The molecule has 0 radical (unpaired) electrons. The Kier molecular flexibility index (Phi) is 4.29. The number of halogens is 3. The van der Waals surface area contributed by atoms with Crippen molar-refractivity contribution in [3.8, 4) is 5.75 Å². The second-order valence-electron chi connectivity index (χ2n) is 5.75. The lowest BCUT2D eigenvalue weighted by Gasteiger charge is -2.16. The maximum absolute atomic E-state index is 13.0. The van der Waals surface area contributed by atoms with E-state index in [1.54, 1.807) is 24.3 Å². The molecule has 1 aliphatic rings. The van der Waals surface area contributed by atoms with Crippen LogP contribution in [0.25, 0.3) is 0 Å². The minimum Gasteiger partial charge on any atom is -0.497 e. The van der Waals surface area contributed by atoms with Crippen molar-refractivity contribution in [3.05, 3.63) is 71.8 Å². The van der Waals surface area contributed by atoms with Crippen LogP contribution in [0.4, 0.5) is 18.9 Å². The van der Waals surface area contributed by atoms with Crippen molar-refractivity contribution in [1.29, 1.82) is 0 Å². The average Bonchev–Trinajstić information content (AvgIpc) is 2.99. The normalized spacial score (nSPS) is 16.5. The van der Waals surface area contributed by atoms with Crippen molar-refractivity contribution in [3.63, 3.8) is 0 Å². The van der Waals surface area contributed by atoms with Gasteiger partial charge in [-0.05, 0) is 29.3 Å². The monoisotopic (exact) mass is 347 g/mol. The first kappa shape index (κ1) is 17.1. The zero-order chi connectivity index (χ0) is 18.2. The Hall–Kier alpha value is -2.76. The van der Waals surface area contributed by atoms with Crippen molar-refractivity contribution < 1.29 is 22.7 Å². The Labute approximate surface area is 143 Å². The third-order valence-corrected chi connectivity index (χ3v) is 4.33. The van der Waals surface area contributed by atoms with E-state index in [4.69, 9.17) is 4.74 Å². The largest absolute Gasteiger partial charge is 0.497 e. The van der Waals surface area contributed by atoms with Gasteiger partial charge in [0.25, 0.3) is 0 Å². The van der Waals surface area contributed by atoms with Crippen molar-refractivity contribution >= 4 is 11.6 Å². The summed E-state index contributed by atoms with van der Waals surface area (Å²) >= 11 is 0. The van der Waals surface area contributed by atoms with Crippen molar-refractivity contribution in [2.45, 2.75) is 12.1 Å². The molecule has 3 rings (SSSR count). The minimum absolute atomic E-state index is 0.259. The first-order valence-electron chi connectivity index (χ1n) is 7.64. The second kappa shape index (κ2) is 6.27. The molecule has 25 heavy (non-hydrogen) atoms. The quantitative estimate of drug-likeness (QED) is 0.771. The van der Waals surface area contributed by atoms with Crippen LogP contribution in [0.3, 0.4) is 0 Å². The molecule has 0 bridgehead atoms. The number of rotatable bonds is 3. The van der Waals surface area contributed by atoms with Crippen molar-refractivity contribution in [2.75, 3.05) is 18.6 Å². The number of fused-ring (bicyclic) bond motifs is 1. The molecule has 1 amide bonds. The van der Waals surface area contributed by atoms with Crippen LogP contribution in [0, 0.1) is 0 Å². The summed E-state index contributed by atoms with van der Waals surface area (Å²) < 4.78 is 44.2.